The Morgan fingerprint density at radius 1 is 0.967 bits per heavy atom. The number of ether oxygens (including phenoxy) is 1. The third-order valence-corrected chi connectivity index (χ3v) is 4.91. The summed E-state index contributed by atoms with van der Waals surface area (Å²) in [6.07, 6.45) is 0. The number of para-hydroxylation sites is 1. The third kappa shape index (κ3) is 4.17. The van der Waals surface area contributed by atoms with E-state index in [1.54, 1.807) is 48.5 Å². The topological polar surface area (TPSA) is 68.5 Å². The van der Waals surface area contributed by atoms with Crippen molar-refractivity contribution < 1.29 is 13.9 Å². The SMILES string of the molecule is O=C(COc1c(-c2ccccc2)oc2ccc(Cl)cc2c1=O)Nc1ccccc1Cl. The van der Waals surface area contributed by atoms with Crippen molar-refractivity contribution in [3.8, 4) is 17.1 Å². The van der Waals surface area contributed by atoms with Gasteiger partial charge in [0.1, 0.15) is 5.58 Å². The van der Waals surface area contributed by atoms with Gasteiger partial charge in [0.25, 0.3) is 5.91 Å². The molecule has 4 aromatic rings. The van der Waals surface area contributed by atoms with Crippen molar-refractivity contribution in [3.05, 3.63) is 93.1 Å². The number of benzene rings is 3. The van der Waals surface area contributed by atoms with Crippen molar-refractivity contribution >= 4 is 45.8 Å². The molecule has 150 valence electrons. The van der Waals surface area contributed by atoms with E-state index in [1.807, 2.05) is 18.2 Å². The van der Waals surface area contributed by atoms with Gasteiger partial charge in [-0.1, -0.05) is 65.7 Å². The maximum absolute atomic E-state index is 13.1. The summed E-state index contributed by atoms with van der Waals surface area (Å²) in [6, 6.07) is 20.7. The highest BCUT2D eigenvalue weighted by atomic mass is 35.5. The number of rotatable bonds is 5. The van der Waals surface area contributed by atoms with Gasteiger partial charge in [0, 0.05) is 10.6 Å². The van der Waals surface area contributed by atoms with Crippen LogP contribution < -0.4 is 15.5 Å². The smallest absolute Gasteiger partial charge is 0.262 e. The summed E-state index contributed by atoms with van der Waals surface area (Å²) in [5, 5.41) is 3.72. The Labute approximate surface area is 181 Å². The monoisotopic (exact) mass is 439 g/mol. The first-order valence-corrected chi connectivity index (χ1v) is 9.77. The molecule has 0 aliphatic carbocycles. The van der Waals surface area contributed by atoms with Crippen LogP contribution in [-0.4, -0.2) is 12.5 Å². The summed E-state index contributed by atoms with van der Waals surface area (Å²) in [5.41, 5.74) is 1.06. The molecule has 7 heteroatoms. The Morgan fingerprint density at radius 3 is 2.47 bits per heavy atom. The first-order chi connectivity index (χ1) is 14.5. The zero-order valence-electron chi connectivity index (χ0n) is 15.5. The van der Waals surface area contributed by atoms with Gasteiger partial charge in [-0.05, 0) is 30.3 Å². The normalized spacial score (nSPS) is 10.7. The van der Waals surface area contributed by atoms with E-state index in [1.165, 1.54) is 6.07 Å². The van der Waals surface area contributed by atoms with E-state index in [4.69, 9.17) is 32.4 Å². The first-order valence-electron chi connectivity index (χ1n) is 9.02. The van der Waals surface area contributed by atoms with Gasteiger partial charge >= 0.3 is 0 Å². The maximum Gasteiger partial charge on any atom is 0.262 e. The van der Waals surface area contributed by atoms with E-state index < -0.39 is 17.9 Å². The fourth-order valence-corrected chi connectivity index (χ4v) is 3.30. The summed E-state index contributed by atoms with van der Waals surface area (Å²) in [6.45, 7) is -0.401. The number of nitrogens with one attached hydrogen (secondary N) is 1. The van der Waals surface area contributed by atoms with Crippen LogP contribution in [0.25, 0.3) is 22.3 Å². The lowest BCUT2D eigenvalue weighted by atomic mass is 10.1. The van der Waals surface area contributed by atoms with Crippen LogP contribution >= 0.6 is 23.2 Å². The van der Waals surface area contributed by atoms with Crippen LogP contribution in [0.4, 0.5) is 5.69 Å². The Bertz CT molecular complexity index is 1290. The standard InChI is InChI=1S/C23H15Cl2NO4/c24-15-10-11-19-16(12-15)21(28)23(22(30-19)14-6-2-1-3-7-14)29-13-20(27)26-18-9-5-4-8-17(18)25/h1-12H,13H2,(H,26,27). The molecule has 0 fully saturated rings. The van der Waals surface area contributed by atoms with Gasteiger partial charge in [0.2, 0.25) is 11.2 Å². The molecule has 0 atom stereocenters. The summed E-state index contributed by atoms with van der Waals surface area (Å²) >= 11 is 12.1. The number of amides is 1. The third-order valence-electron chi connectivity index (χ3n) is 4.34. The highest BCUT2D eigenvalue weighted by Gasteiger charge is 2.19. The van der Waals surface area contributed by atoms with E-state index in [0.717, 1.165) is 0 Å². The minimum absolute atomic E-state index is 0.0646. The van der Waals surface area contributed by atoms with E-state index in [-0.39, 0.29) is 16.9 Å². The van der Waals surface area contributed by atoms with Crippen LogP contribution in [0.2, 0.25) is 10.0 Å². The van der Waals surface area contributed by atoms with Crippen molar-refractivity contribution in [2.75, 3.05) is 11.9 Å². The van der Waals surface area contributed by atoms with Gasteiger partial charge in [-0.3, -0.25) is 9.59 Å². The second-order valence-electron chi connectivity index (χ2n) is 6.41. The number of hydrogen-bond donors (Lipinski definition) is 1. The molecule has 0 unspecified atom stereocenters. The molecule has 0 radical (unpaired) electrons. The van der Waals surface area contributed by atoms with Crippen molar-refractivity contribution in [1.82, 2.24) is 0 Å². The minimum atomic E-state index is -0.465. The van der Waals surface area contributed by atoms with Crippen LogP contribution in [0.5, 0.6) is 5.75 Å². The van der Waals surface area contributed by atoms with Gasteiger partial charge in [-0.25, -0.2) is 0 Å². The predicted molar refractivity (Wildman–Crippen MR) is 119 cm³/mol. The molecule has 0 aliphatic rings. The Kier molecular flexibility index (Phi) is 5.74. The molecule has 1 heterocycles. The van der Waals surface area contributed by atoms with Crippen LogP contribution in [0.3, 0.4) is 0 Å². The minimum Gasteiger partial charge on any atom is -0.476 e. The van der Waals surface area contributed by atoms with Crippen molar-refractivity contribution in [3.63, 3.8) is 0 Å². The highest BCUT2D eigenvalue weighted by molar-refractivity contribution is 6.33. The zero-order chi connectivity index (χ0) is 21.1. The average molecular weight is 440 g/mol. The molecule has 0 saturated heterocycles. The predicted octanol–water partition coefficient (Wildman–Crippen LogP) is 5.78. The van der Waals surface area contributed by atoms with Gasteiger partial charge in [-0.15, -0.1) is 0 Å². The number of carbonyl (C=O) groups excluding carboxylic acids is 1. The molecule has 1 aromatic heterocycles. The molecule has 4 rings (SSSR count). The van der Waals surface area contributed by atoms with Gasteiger partial charge in [0.05, 0.1) is 16.1 Å². The van der Waals surface area contributed by atoms with Gasteiger partial charge < -0.3 is 14.5 Å². The Balaban J connectivity index is 1.70. The average Bonchev–Trinajstić information content (AvgIpc) is 2.75. The molecular formula is C23H15Cl2NO4. The van der Waals surface area contributed by atoms with Gasteiger partial charge in [0.15, 0.2) is 12.4 Å². The molecule has 1 amide bonds. The lowest BCUT2D eigenvalue weighted by Gasteiger charge is -2.12. The Hall–Kier alpha value is -3.28. The molecule has 30 heavy (non-hydrogen) atoms. The number of carbonyl (C=O) groups is 1. The number of hydrogen-bond acceptors (Lipinski definition) is 4. The fraction of sp³-hybridized carbons (Fsp3) is 0.0435. The largest absolute Gasteiger partial charge is 0.476 e. The van der Waals surface area contributed by atoms with E-state index in [0.29, 0.717) is 26.9 Å². The van der Waals surface area contributed by atoms with Crippen molar-refractivity contribution in [2.45, 2.75) is 0 Å². The van der Waals surface area contributed by atoms with Crippen LogP contribution in [0.15, 0.2) is 82.0 Å². The summed E-state index contributed by atoms with van der Waals surface area (Å²) in [4.78, 5) is 25.5. The maximum atomic E-state index is 13.1. The van der Waals surface area contributed by atoms with Crippen LogP contribution in [0, 0.1) is 0 Å². The summed E-state index contributed by atoms with van der Waals surface area (Å²) < 4.78 is 11.6. The summed E-state index contributed by atoms with van der Waals surface area (Å²) in [7, 11) is 0. The summed E-state index contributed by atoms with van der Waals surface area (Å²) in [5.74, 6) is -0.293. The quantitative estimate of drug-likeness (QED) is 0.427. The van der Waals surface area contributed by atoms with Crippen LogP contribution in [-0.2, 0) is 4.79 Å². The van der Waals surface area contributed by atoms with Crippen molar-refractivity contribution in [1.29, 1.82) is 0 Å². The first kappa shape index (κ1) is 20.0. The lowest BCUT2D eigenvalue weighted by Crippen LogP contribution is -2.22. The molecule has 1 N–H and O–H groups in total. The molecule has 0 spiro atoms. The zero-order valence-corrected chi connectivity index (χ0v) is 17.0. The highest BCUT2D eigenvalue weighted by Crippen LogP contribution is 2.31. The van der Waals surface area contributed by atoms with Crippen molar-refractivity contribution in [2.24, 2.45) is 0 Å². The Morgan fingerprint density at radius 2 is 1.70 bits per heavy atom. The lowest BCUT2D eigenvalue weighted by molar-refractivity contribution is -0.118. The second kappa shape index (κ2) is 8.61. The van der Waals surface area contributed by atoms with Gasteiger partial charge in [-0.2, -0.15) is 0 Å². The van der Waals surface area contributed by atoms with E-state index in [9.17, 15) is 9.59 Å². The van der Waals surface area contributed by atoms with E-state index >= 15 is 0 Å². The number of anilines is 1. The molecule has 0 saturated carbocycles. The van der Waals surface area contributed by atoms with Crippen LogP contribution in [0.1, 0.15) is 0 Å². The fourth-order valence-electron chi connectivity index (χ4n) is 2.95. The molecule has 0 aliphatic heterocycles. The molecule has 5 nitrogen and oxygen atoms in total. The number of halogens is 2. The molecule has 0 bridgehead atoms. The number of fused-ring (bicyclic) bond motifs is 1. The second-order valence-corrected chi connectivity index (χ2v) is 7.26. The molecule has 3 aromatic carbocycles. The molecular weight excluding hydrogens is 425 g/mol. The van der Waals surface area contributed by atoms with E-state index in [2.05, 4.69) is 5.32 Å².